The van der Waals surface area contributed by atoms with Gasteiger partial charge in [0.1, 0.15) is 0 Å². The van der Waals surface area contributed by atoms with Gasteiger partial charge in [0.2, 0.25) is 0 Å². The Bertz CT molecular complexity index is 407. The number of carbonyl (C=O) groups is 1. The fourth-order valence-corrected chi connectivity index (χ4v) is 2.00. The van der Waals surface area contributed by atoms with Crippen molar-refractivity contribution in [3.05, 3.63) is 35.4 Å². The second kappa shape index (κ2) is 6.57. The third-order valence-electron chi connectivity index (χ3n) is 3.12. The molecule has 0 spiro atoms. The van der Waals surface area contributed by atoms with Gasteiger partial charge in [-0.05, 0) is 51.3 Å². The predicted molar refractivity (Wildman–Crippen MR) is 77.4 cm³/mol. The molecule has 1 aromatic carbocycles. The monoisotopic (exact) mass is 264 g/mol. The Balaban J connectivity index is 2.62. The molecule has 1 aromatic rings. The molecule has 19 heavy (non-hydrogen) atoms. The van der Waals surface area contributed by atoms with Gasteiger partial charge >= 0.3 is 6.09 Å². The molecule has 0 heterocycles. The minimum atomic E-state index is -0.868. The molecule has 0 bridgehead atoms. The number of nitrogens with two attached hydrogens (primary N) is 1. The van der Waals surface area contributed by atoms with Gasteiger partial charge in [0.15, 0.2) is 0 Å². The lowest BCUT2D eigenvalue weighted by Gasteiger charge is -2.33. The molecule has 0 atom stereocenters. The van der Waals surface area contributed by atoms with Crippen molar-refractivity contribution in [3.63, 3.8) is 0 Å². The second-order valence-corrected chi connectivity index (χ2v) is 5.71. The molecule has 0 aliphatic rings. The first-order valence-electron chi connectivity index (χ1n) is 6.63. The van der Waals surface area contributed by atoms with Crippen molar-refractivity contribution in [2.75, 3.05) is 13.1 Å². The minimum Gasteiger partial charge on any atom is -0.465 e. The van der Waals surface area contributed by atoms with Crippen molar-refractivity contribution < 1.29 is 9.90 Å². The maximum Gasteiger partial charge on any atom is 0.407 e. The fraction of sp³-hybridized carbons (Fsp3) is 0.533. The minimum absolute atomic E-state index is 0.370. The van der Waals surface area contributed by atoms with Crippen LogP contribution in [0.5, 0.6) is 0 Å². The zero-order valence-electron chi connectivity index (χ0n) is 12.0. The highest BCUT2D eigenvalue weighted by Crippen LogP contribution is 2.15. The van der Waals surface area contributed by atoms with E-state index >= 15 is 0 Å². The molecule has 0 aliphatic heterocycles. The third-order valence-corrected chi connectivity index (χ3v) is 3.12. The second-order valence-electron chi connectivity index (χ2n) is 5.71. The van der Waals surface area contributed by atoms with Gasteiger partial charge in [-0.2, -0.15) is 0 Å². The molecule has 0 aromatic heterocycles. The van der Waals surface area contributed by atoms with E-state index in [0.717, 1.165) is 18.4 Å². The topological polar surface area (TPSA) is 66.6 Å². The van der Waals surface area contributed by atoms with Crippen LogP contribution in [0.1, 0.15) is 31.9 Å². The summed E-state index contributed by atoms with van der Waals surface area (Å²) in [4.78, 5) is 12.7. The predicted octanol–water partition coefficient (Wildman–Crippen LogP) is 2.51. The summed E-state index contributed by atoms with van der Waals surface area (Å²) < 4.78 is 0. The highest BCUT2D eigenvalue weighted by molar-refractivity contribution is 5.66. The summed E-state index contributed by atoms with van der Waals surface area (Å²) in [6, 6.07) is 8.22. The van der Waals surface area contributed by atoms with Crippen molar-refractivity contribution in [1.82, 2.24) is 4.90 Å². The highest BCUT2D eigenvalue weighted by atomic mass is 16.4. The molecule has 1 amide bonds. The van der Waals surface area contributed by atoms with Crippen molar-refractivity contribution in [1.29, 1.82) is 0 Å². The van der Waals surface area contributed by atoms with Crippen LogP contribution in [0, 0.1) is 0 Å². The molecular weight excluding hydrogens is 240 g/mol. The molecule has 1 rings (SSSR count). The fourth-order valence-electron chi connectivity index (χ4n) is 2.00. The Morgan fingerprint density at radius 2 is 1.63 bits per heavy atom. The number of hydrogen-bond donors (Lipinski definition) is 2. The van der Waals surface area contributed by atoms with E-state index in [4.69, 9.17) is 5.73 Å². The molecule has 4 nitrogen and oxygen atoms in total. The van der Waals surface area contributed by atoms with Gasteiger partial charge in [0, 0.05) is 12.1 Å². The van der Waals surface area contributed by atoms with E-state index in [9.17, 15) is 9.90 Å². The SMILES string of the molecule is CC(C)(C)N(CCc1ccc(CCN)cc1)C(=O)O. The van der Waals surface area contributed by atoms with Gasteiger partial charge in [0.25, 0.3) is 0 Å². The summed E-state index contributed by atoms with van der Waals surface area (Å²) in [5.41, 5.74) is 7.51. The Hall–Kier alpha value is -1.55. The molecule has 0 saturated heterocycles. The lowest BCUT2D eigenvalue weighted by Crippen LogP contribution is -2.45. The maximum absolute atomic E-state index is 11.2. The number of benzene rings is 1. The van der Waals surface area contributed by atoms with Crippen LogP contribution in [0.3, 0.4) is 0 Å². The van der Waals surface area contributed by atoms with E-state index in [-0.39, 0.29) is 5.54 Å². The Morgan fingerprint density at radius 3 is 2.00 bits per heavy atom. The largest absolute Gasteiger partial charge is 0.465 e. The third kappa shape index (κ3) is 4.91. The van der Waals surface area contributed by atoms with Gasteiger partial charge in [-0.1, -0.05) is 24.3 Å². The maximum atomic E-state index is 11.2. The van der Waals surface area contributed by atoms with E-state index < -0.39 is 6.09 Å². The first-order valence-corrected chi connectivity index (χ1v) is 6.63. The summed E-state index contributed by atoms with van der Waals surface area (Å²) in [5, 5.41) is 9.21. The molecule has 0 unspecified atom stereocenters. The van der Waals surface area contributed by atoms with E-state index in [2.05, 4.69) is 12.1 Å². The number of nitrogens with zero attached hydrogens (tertiary/aromatic N) is 1. The normalized spacial score (nSPS) is 11.4. The van der Waals surface area contributed by atoms with Crippen LogP contribution in [-0.2, 0) is 12.8 Å². The van der Waals surface area contributed by atoms with Crippen LogP contribution in [0.4, 0.5) is 4.79 Å². The average Bonchev–Trinajstić information content (AvgIpc) is 2.29. The van der Waals surface area contributed by atoms with Gasteiger partial charge in [0.05, 0.1) is 0 Å². The summed E-state index contributed by atoms with van der Waals surface area (Å²) in [5.74, 6) is 0. The van der Waals surface area contributed by atoms with Crippen molar-refractivity contribution >= 4 is 6.09 Å². The molecule has 3 N–H and O–H groups in total. The van der Waals surface area contributed by atoms with Crippen molar-refractivity contribution in [2.45, 2.75) is 39.2 Å². The number of rotatable bonds is 5. The van der Waals surface area contributed by atoms with Crippen LogP contribution in [0.2, 0.25) is 0 Å². The van der Waals surface area contributed by atoms with Crippen LogP contribution >= 0.6 is 0 Å². The van der Waals surface area contributed by atoms with Gasteiger partial charge in [-0.3, -0.25) is 0 Å². The zero-order chi connectivity index (χ0) is 14.5. The molecule has 106 valence electrons. The Kier molecular flexibility index (Phi) is 5.36. The van der Waals surface area contributed by atoms with Crippen LogP contribution in [0.25, 0.3) is 0 Å². The Morgan fingerprint density at radius 1 is 1.16 bits per heavy atom. The van der Waals surface area contributed by atoms with Crippen molar-refractivity contribution in [3.8, 4) is 0 Å². The highest BCUT2D eigenvalue weighted by Gasteiger charge is 2.25. The first-order chi connectivity index (χ1) is 8.84. The van der Waals surface area contributed by atoms with E-state index in [0.29, 0.717) is 13.1 Å². The quantitative estimate of drug-likeness (QED) is 0.858. The number of carboxylic acid groups (broad SMARTS) is 1. The van der Waals surface area contributed by atoms with E-state index in [1.54, 1.807) is 0 Å². The van der Waals surface area contributed by atoms with Gasteiger partial charge < -0.3 is 15.7 Å². The van der Waals surface area contributed by atoms with Gasteiger partial charge in [-0.15, -0.1) is 0 Å². The van der Waals surface area contributed by atoms with E-state index in [1.165, 1.54) is 10.5 Å². The molecule has 0 saturated carbocycles. The average molecular weight is 264 g/mol. The number of amides is 1. The zero-order valence-corrected chi connectivity index (χ0v) is 12.0. The first kappa shape index (κ1) is 15.5. The van der Waals surface area contributed by atoms with Crippen LogP contribution in [0.15, 0.2) is 24.3 Å². The standard InChI is InChI=1S/C15H24N2O2/c1-15(2,3)17(14(18)19)11-9-13-6-4-12(5-7-13)8-10-16/h4-7H,8-11,16H2,1-3H3,(H,18,19). The lowest BCUT2D eigenvalue weighted by atomic mass is 10.0. The smallest absolute Gasteiger partial charge is 0.407 e. The molecule has 4 heteroatoms. The molecule has 0 aliphatic carbocycles. The van der Waals surface area contributed by atoms with Crippen molar-refractivity contribution in [2.24, 2.45) is 5.73 Å². The van der Waals surface area contributed by atoms with Crippen LogP contribution in [-0.4, -0.2) is 34.7 Å². The summed E-state index contributed by atoms with van der Waals surface area (Å²) in [7, 11) is 0. The lowest BCUT2D eigenvalue weighted by molar-refractivity contribution is 0.101. The molecule has 0 fully saturated rings. The van der Waals surface area contributed by atoms with Crippen LogP contribution < -0.4 is 5.73 Å². The summed E-state index contributed by atoms with van der Waals surface area (Å²) in [6.07, 6.45) is 0.739. The Labute approximate surface area is 115 Å². The summed E-state index contributed by atoms with van der Waals surface area (Å²) in [6.45, 7) is 6.88. The molecule has 0 radical (unpaired) electrons. The van der Waals surface area contributed by atoms with Gasteiger partial charge in [-0.25, -0.2) is 4.79 Å². The molecular formula is C15H24N2O2. The van der Waals surface area contributed by atoms with E-state index in [1.807, 2.05) is 32.9 Å². The number of hydrogen-bond acceptors (Lipinski definition) is 2. The summed E-state index contributed by atoms with van der Waals surface area (Å²) >= 11 is 0.